The van der Waals surface area contributed by atoms with Gasteiger partial charge in [0.1, 0.15) is 0 Å². The second-order valence-electron chi connectivity index (χ2n) is 6.08. The topological polar surface area (TPSA) is 30.5 Å². The Morgan fingerprint density at radius 2 is 1.70 bits per heavy atom. The van der Waals surface area contributed by atoms with E-state index in [0.717, 1.165) is 26.1 Å². The molecule has 3 heteroatoms. The first-order valence-corrected chi connectivity index (χ1v) is 7.41. The minimum absolute atomic E-state index is 0.228. The van der Waals surface area contributed by atoms with E-state index in [1.165, 1.54) is 11.1 Å². The first-order valence-electron chi connectivity index (χ1n) is 7.41. The maximum Gasteiger partial charge on any atom is 0.0700 e. The van der Waals surface area contributed by atoms with Crippen LogP contribution in [-0.2, 0) is 21.4 Å². The van der Waals surface area contributed by atoms with Crippen molar-refractivity contribution in [3.05, 3.63) is 35.4 Å². The predicted octanol–water partition coefficient (Wildman–Crippen LogP) is 3.13. The highest BCUT2D eigenvalue weighted by Gasteiger charge is 2.12. The molecule has 1 rings (SSSR count). The molecule has 0 fully saturated rings. The average molecular weight is 279 g/mol. The standard InChI is InChI=1S/C17H29NO2/c1-17(2,3)16-8-6-15(7-9-16)14-18-10-5-11-20-13-12-19-4/h6-9,18H,5,10-14H2,1-4H3. The molecule has 0 unspecified atom stereocenters. The maximum atomic E-state index is 5.41. The number of hydrogen-bond acceptors (Lipinski definition) is 3. The third-order valence-electron chi connectivity index (χ3n) is 3.22. The Labute approximate surface area is 123 Å². The number of hydrogen-bond donors (Lipinski definition) is 1. The molecule has 20 heavy (non-hydrogen) atoms. The molecule has 0 aliphatic carbocycles. The largest absolute Gasteiger partial charge is 0.382 e. The third kappa shape index (κ3) is 7.04. The molecular formula is C17H29NO2. The van der Waals surface area contributed by atoms with Crippen molar-refractivity contribution in [2.75, 3.05) is 33.5 Å². The van der Waals surface area contributed by atoms with Crippen LogP contribution in [0.2, 0.25) is 0 Å². The normalized spacial score (nSPS) is 11.8. The molecule has 1 aromatic rings. The van der Waals surface area contributed by atoms with E-state index in [1.54, 1.807) is 7.11 Å². The summed E-state index contributed by atoms with van der Waals surface area (Å²) >= 11 is 0. The fraction of sp³-hybridized carbons (Fsp3) is 0.647. The molecule has 0 heterocycles. The summed E-state index contributed by atoms with van der Waals surface area (Å²) in [7, 11) is 1.69. The van der Waals surface area contributed by atoms with Gasteiger partial charge < -0.3 is 14.8 Å². The lowest BCUT2D eigenvalue weighted by Gasteiger charge is -2.19. The zero-order chi connectivity index (χ0) is 14.8. The van der Waals surface area contributed by atoms with Crippen LogP contribution in [0, 0.1) is 0 Å². The molecule has 0 saturated carbocycles. The molecule has 0 spiro atoms. The molecule has 1 N–H and O–H groups in total. The Kier molecular flexibility index (Phi) is 7.82. The first kappa shape index (κ1) is 17.2. The van der Waals surface area contributed by atoms with Gasteiger partial charge in [-0.2, -0.15) is 0 Å². The van der Waals surface area contributed by atoms with Gasteiger partial charge >= 0.3 is 0 Å². The van der Waals surface area contributed by atoms with E-state index in [4.69, 9.17) is 9.47 Å². The molecule has 3 nitrogen and oxygen atoms in total. The Bertz CT molecular complexity index is 354. The average Bonchev–Trinajstić information content (AvgIpc) is 2.41. The van der Waals surface area contributed by atoms with E-state index in [-0.39, 0.29) is 5.41 Å². The smallest absolute Gasteiger partial charge is 0.0700 e. The second-order valence-corrected chi connectivity index (χ2v) is 6.08. The Hall–Kier alpha value is -0.900. The third-order valence-corrected chi connectivity index (χ3v) is 3.22. The molecule has 114 valence electrons. The Morgan fingerprint density at radius 3 is 2.30 bits per heavy atom. The quantitative estimate of drug-likeness (QED) is 0.705. The van der Waals surface area contributed by atoms with E-state index in [0.29, 0.717) is 13.2 Å². The number of methoxy groups -OCH3 is 1. The summed E-state index contributed by atoms with van der Waals surface area (Å²) in [5, 5.41) is 3.44. The van der Waals surface area contributed by atoms with Crippen molar-refractivity contribution in [2.45, 2.75) is 39.2 Å². The highest BCUT2D eigenvalue weighted by molar-refractivity contribution is 5.27. The van der Waals surface area contributed by atoms with Crippen molar-refractivity contribution in [1.29, 1.82) is 0 Å². The van der Waals surface area contributed by atoms with Gasteiger partial charge in [-0.05, 0) is 29.5 Å². The fourth-order valence-corrected chi connectivity index (χ4v) is 1.90. The SMILES string of the molecule is COCCOCCCNCc1ccc(C(C)(C)C)cc1. The van der Waals surface area contributed by atoms with Gasteiger partial charge in [-0.3, -0.25) is 0 Å². The van der Waals surface area contributed by atoms with Gasteiger partial charge in [0.2, 0.25) is 0 Å². The number of benzene rings is 1. The van der Waals surface area contributed by atoms with Crippen LogP contribution in [-0.4, -0.2) is 33.5 Å². The Morgan fingerprint density at radius 1 is 1.00 bits per heavy atom. The fourth-order valence-electron chi connectivity index (χ4n) is 1.90. The van der Waals surface area contributed by atoms with Gasteiger partial charge in [0.25, 0.3) is 0 Å². The van der Waals surface area contributed by atoms with Crippen molar-refractivity contribution in [3.8, 4) is 0 Å². The zero-order valence-electron chi connectivity index (χ0n) is 13.4. The van der Waals surface area contributed by atoms with Gasteiger partial charge in [-0.15, -0.1) is 0 Å². The van der Waals surface area contributed by atoms with Crippen LogP contribution in [0.3, 0.4) is 0 Å². The van der Waals surface area contributed by atoms with Crippen LogP contribution >= 0.6 is 0 Å². The summed E-state index contributed by atoms with van der Waals surface area (Å²) in [4.78, 5) is 0. The minimum atomic E-state index is 0.228. The van der Waals surface area contributed by atoms with Crippen LogP contribution in [0.15, 0.2) is 24.3 Å². The lowest BCUT2D eigenvalue weighted by molar-refractivity contribution is 0.0695. The highest BCUT2D eigenvalue weighted by Crippen LogP contribution is 2.22. The van der Waals surface area contributed by atoms with E-state index in [2.05, 4.69) is 50.4 Å². The first-order chi connectivity index (χ1) is 9.54. The van der Waals surface area contributed by atoms with Crippen molar-refractivity contribution >= 4 is 0 Å². The summed E-state index contributed by atoms with van der Waals surface area (Å²) in [5.41, 5.74) is 2.94. The number of ether oxygens (including phenoxy) is 2. The van der Waals surface area contributed by atoms with Crippen molar-refractivity contribution in [2.24, 2.45) is 0 Å². The number of rotatable bonds is 9. The van der Waals surface area contributed by atoms with Crippen LogP contribution in [0.25, 0.3) is 0 Å². The van der Waals surface area contributed by atoms with Crippen LogP contribution in [0.4, 0.5) is 0 Å². The van der Waals surface area contributed by atoms with E-state index >= 15 is 0 Å². The molecule has 0 amide bonds. The van der Waals surface area contributed by atoms with Crippen LogP contribution < -0.4 is 5.32 Å². The maximum absolute atomic E-state index is 5.41. The van der Waals surface area contributed by atoms with Crippen molar-refractivity contribution in [1.82, 2.24) is 5.32 Å². The molecule has 0 bridgehead atoms. The van der Waals surface area contributed by atoms with Crippen LogP contribution in [0.1, 0.15) is 38.3 Å². The minimum Gasteiger partial charge on any atom is -0.382 e. The molecule has 0 aliphatic rings. The molecular weight excluding hydrogens is 250 g/mol. The predicted molar refractivity (Wildman–Crippen MR) is 84.2 cm³/mol. The number of nitrogens with one attached hydrogen (secondary N) is 1. The lowest BCUT2D eigenvalue weighted by Crippen LogP contribution is -2.17. The summed E-state index contributed by atoms with van der Waals surface area (Å²) in [6, 6.07) is 8.88. The van der Waals surface area contributed by atoms with Gasteiger partial charge in [0.05, 0.1) is 13.2 Å². The van der Waals surface area contributed by atoms with Gasteiger partial charge in [-0.1, -0.05) is 45.0 Å². The molecule has 0 saturated heterocycles. The molecule has 0 atom stereocenters. The Balaban J connectivity index is 2.13. The van der Waals surface area contributed by atoms with Gasteiger partial charge in [0, 0.05) is 20.3 Å². The van der Waals surface area contributed by atoms with Crippen molar-refractivity contribution < 1.29 is 9.47 Å². The lowest BCUT2D eigenvalue weighted by atomic mass is 9.87. The summed E-state index contributed by atoms with van der Waals surface area (Å²) in [5.74, 6) is 0. The molecule has 1 aromatic carbocycles. The summed E-state index contributed by atoms with van der Waals surface area (Å²) in [6.07, 6.45) is 1.03. The van der Waals surface area contributed by atoms with Crippen LogP contribution in [0.5, 0.6) is 0 Å². The van der Waals surface area contributed by atoms with E-state index < -0.39 is 0 Å². The summed E-state index contributed by atoms with van der Waals surface area (Å²) < 4.78 is 10.3. The zero-order valence-corrected chi connectivity index (χ0v) is 13.4. The van der Waals surface area contributed by atoms with Crippen molar-refractivity contribution in [3.63, 3.8) is 0 Å². The van der Waals surface area contributed by atoms with E-state index in [9.17, 15) is 0 Å². The molecule has 0 aliphatic heterocycles. The molecule has 0 radical (unpaired) electrons. The summed E-state index contributed by atoms with van der Waals surface area (Å²) in [6.45, 7) is 10.8. The van der Waals surface area contributed by atoms with Gasteiger partial charge in [0.15, 0.2) is 0 Å². The molecule has 0 aromatic heterocycles. The van der Waals surface area contributed by atoms with Gasteiger partial charge in [-0.25, -0.2) is 0 Å². The van der Waals surface area contributed by atoms with E-state index in [1.807, 2.05) is 0 Å². The highest BCUT2D eigenvalue weighted by atomic mass is 16.5. The monoisotopic (exact) mass is 279 g/mol. The second kappa shape index (κ2) is 9.11.